The third-order valence-corrected chi connectivity index (χ3v) is 3.52. The lowest BCUT2D eigenvalue weighted by atomic mass is 10.1. The molecular formula is C13H12FN3O3S. The second-order valence-electron chi connectivity index (χ2n) is 4.16. The molecule has 8 heteroatoms. The van der Waals surface area contributed by atoms with Crippen LogP contribution in [0.2, 0.25) is 0 Å². The number of thiazole rings is 1. The summed E-state index contributed by atoms with van der Waals surface area (Å²) in [7, 11) is 0. The van der Waals surface area contributed by atoms with Gasteiger partial charge in [-0.2, -0.15) is 0 Å². The van der Waals surface area contributed by atoms with Crippen molar-refractivity contribution in [2.24, 2.45) is 0 Å². The fraction of sp³-hybridized carbons (Fsp3) is 0.154. The van der Waals surface area contributed by atoms with E-state index in [4.69, 9.17) is 5.11 Å². The average Bonchev–Trinajstić information content (AvgIpc) is 2.84. The van der Waals surface area contributed by atoms with Crippen molar-refractivity contribution >= 4 is 29.0 Å². The van der Waals surface area contributed by atoms with Crippen LogP contribution in [0.4, 0.5) is 14.9 Å². The Kier molecular flexibility index (Phi) is 4.49. The van der Waals surface area contributed by atoms with Crippen molar-refractivity contribution in [3.63, 3.8) is 0 Å². The number of urea groups is 1. The lowest BCUT2D eigenvalue weighted by Crippen LogP contribution is -2.29. The molecule has 0 aliphatic rings. The first-order chi connectivity index (χ1) is 9.97. The summed E-state index contributed by atoms with van der Waals surface area (Å²) in [5.74, 6) is -2.13. The number of hydrogen-bond donors (Lipinski definition) is 3. The summed E-state index contributed by atoms with van der Waals surface area (Å²) in [5, 5.41) is 16.2. The number of carboxylic acids is 1. The number of amides is 2. The molecule has 2 rings (SSSR count). The highest BCUT2D eigenvalue weighted by molar-refractivity contribution is 7.09. The number of para-hydroxylation sites is 1. The fourth-order valence-corrected chi connectivity index (χ4v) is 2.34. The number of halogens is 1. The minimum absolute atomic E-state index is 0.182. The maximum Gasteiger partial charge on any atom is 0.337 e. The second-order valence-corrected chi connectivity index (χ2v) is 5.10. The predicted octanol–water partition coefficient (Wildman–Crippen LogP) is 2.61. The van der Waals surface area contributed by atoms with Gasteiger partial charge in [0.05, 0.1) is 17.8 Å². The van der Waals surface area contributed by atoms with E-state index in [9.17, 15) is 14.0 Å². The normalized spacial score (nSPS) is 10.2. The van der Waals surface area contributed by atoms with Crippen molar-refractivity contribution < 1.29 is 19.1 Å². The van der Waals surface area contributed by atoms with Gasteiger partial charge < -0.3 is 15.7 Å². The van der Waals surface area contributed by atoms with Gasteiger partial charge >= 0.3 is 12.0 Å². The standard InChI is InChI=1S/C13H12FN3O3S/c1-7-6-21-10(16-7)5-15-13(20)17-11-8(12(18)19)3-2-4-9(11)14/h2-4,6H,5H2,1H3,(H,18,19)(H2,15,17,20). The summed E-state index contributed by atoms with van der Waals surface area (Å²) < 4.78 is 13.6. The van der Waals surface area contributed by atoms with Crippen molar-refractivity contribution in [3.05, 3.63) is 45.7 Å². The van der Waals surface area contributed by atoms with Crippen LogP contribution in [-0.2, 0) is 6.54 Å². The number of aryl methyl sites for hydroxylation is 1. The number of nitrogens with zero attached hydrogens (tertiary/aromatic N) is 1. The fourth-order valence-electron chi connectivity index (χ4n) is 1.63. The van der Waals surface area contributed by atoms with Crippen LogP contribution in [0.1, 0.15) is 21.1 Å². The van der Waals surface area contributed by atoms with Gasteiger partial charge in [0.15, 0.2) is 0 Å². The molecule has 0 aliphatic carbocycles. The molecule has 3 N–H and O–H groups in total. The molecule has 1 aromatic carbocycles. The van der Waals surface area contributed by atoms with Crippen LogP contribution < -0.4 is 10.6 Å². The zero-order valence-corrected chi connectivity index (χ0v) is 11.8. The van der Waals surface area contributed by atoms with E-state index >= 15 is 0 Å². The Morgan fingerprint density at radius 1 is 1.43 bits per heavy atom. The lowest BCUT2D eigenvalue weighted by Gasteiger charge is -2.10. The molecule has 2 amide bonds. The summed E-state index contributed by atoms with van der Waals surface area (Å²) >= 11 is 1.39. The number of benzene rings is 1. The first-order valence-electron chi connectivity index (χ1n) is 5.95. The van der Waals surface area contributed by atoms with Gasteiger partial charge in [-0.3, -0.25) is 0 Å². The second kappa shape index (κ2) is 6.31. The van der Waals surface area contributed by atoms with Crippen molar-refractivity contribution in [1.82, 2.24) is 10.3 Å². The Bertz CT molecular complexity index is 687. The molecule has 0 unspecified atom stereocenters. The third kappa shape index (κ3) is 3.76. The number of aromatic nitrogens is 1. The number of carboxylic acid groups (broad SMARTS) is 1. The maximum atomic E-state index is 13.6. The van der Waals surface area contributed by atoms with Crippen molar-refractivity contribution in [2.75, 3.05) is 5.32 Å². The minimum Gasteiger partial charge on any atom is -0.478 e. The Hall–Kier alpha value is -2.48. The summed E-state index contributed by atoms with van der Waals surface area (Å²) in [4.78, 5) is 26.9. The Morgan fingerprint density at radius 2 is 2.19 bits per heavy atom. The van der Waals surface area contributed by atoms with E-state index in [0.29, 0.717) is 5.01 Å². The zero-order chi connectivity index (χ0) is 15.4. The first kappa shape index (κ1) is 14.9. The Morgan fingerprint density at radius 3 is 2.81 bits per heavy atom. The molecule has 0 spiro atoms. The molecule has 1 aromatic heterocycles. The van der Waals surface area contributed by atoms with Crippen LogP contribution in [-0.4, -0.2) is 22.1 Å². The molecule has 2 aromatic rings. The molecule has 0 atom stereocenters. The minimum atomic E-state index is -1.32. The molecule has 6 nitrogen and oxygen atoms in total. The summed E-state index contributed by atoms with van der Waals surface area (Å²) in [6, 6.07) is 2.85. The molecule has 110 valence electrons. The van der Waals surface area contributed by atoms with Crippen LogP contribution in [0.15, 0.2) is 23.6 Å². The number of anilines is 1. The summed E-state index contributed by atoms with van der Waals surface area (Å²) in [6.45, 7) is 2.01. The number of carbonyl (C=O) groups is 2. The van der Waals surface area contributed by atoms with E-state index in [1.165, 1.54) is 23.5 Å². The van der Waals surface area contributed by atoms with E-state index in [-0.39, 0.29) is 17.8 Å². The topological polar surface area (TPSA) is 91.3 Å². The molecule has 0 fully saturated rings. The molecule has 0 bridgehead atoms. The largest absolute Gasteiger partial charge is 0.478 e. The van der Waals surface area contributed by atoms with Crippen LogP contribution in [0.25, 0.3) is 0 Å². The third-order valence-electron chi connectivity index (χ3n) is 2.55. The van der Waals surface area contributed by atoms with Gasteiger partial charge in [0.2, 0.25) is 0 Å². The lowest BCUT2D eigenvalue weighted by molar-refractivity contribution is 0.0697. The first-order valence-corrected chi connectivity index (χ1v) is 6.83. The quantitative estimate of drug-likeness (QED) is 0.809. The smallest absolute Gasteiger partial charge is 0.337 e. The number of aromatic carboxylic acids is 1. The highest BCUT2D eigenvalue weighted by Crippen LogP contribution is 2.19. The molecular weight excluding hydrogens is 297 g/mol. The van der Waals surface area contributed by atoms with Crippen LogP contribution in [0.5, 0.6) is 0 Å². The van der Waals surface area contributed by atoms with E-state index in [0.717, 1.165) is 11.8 Å². The van der Waals surface area contributed by atoms with Crippen molar-refractivity contribution in [1.29, 1.82) is 0 Å². The van der Waals surface area contributed by atoms with Crippen LogP contribution in [0, 0.1) is 12.7 Å². The van der Waals surface area contributed by atoms with Gasteiger partial charge in [-0.25, -0.2) is 19.0 Å². The van der Waals surface area contributed by atoms with E-state index < -0.39 is 17.8 Å². The highest BCUT2D eigenvalue weighted by atomic mass is 32.1. The van der Waals surface area contributed by atoms with Gasteiger partial charge in [0.25, 0.3) is 0 Å². The van der Waals surface area contributed by atoms with Crippen LogP contribution >= 0.6 is 11.3 Å². The molecule has 1 heterocycles. The molecule has 0 radical (unpaired) electrons. The van der Waals surface area contributed by atoms with Gasteiger partial charge in [-0.15, -0.1) is 11.3 Å². The molecule has 0 saturated carbocycles. The Labute approximate surface area is 123 Å². The van der Waals surface area contributed by atoms with Crippen molar-refractivity contribution in [2.45, 2.75) is 13.5 Å². The maximum absolute atomic E-state index is 13.6. The molecule has 21 heavy (non-hydrogen) atoms. The Balaban J connectivity index is 2.04. The molecule has 0 aliphatic heterocycles. The van der Waals surface area contributed by atoms with Gasteiger partial charge in [0, 0.05) is 11.1 Å². The van der Waals surface area contributed by atoms with Gasteiger partial charge in [0.1, 0.15) is 10.8 Å². The number of carbonyl (C=O) groups excluding carboxylic acids is 1. The zero-order valence-electron chi connectivity index (χ0n) is 11.0. The average molecular weight is 309 g/mol. The summed E-state index contributed by atoms with van der Waals surface area (Å²) in [5.41, 5.74) is 0.174. The predicted molar refractivity (Wildman–Crippen MR) is 76.1 cm³/mol. The van der Waals surface area contributed by atoms with E-state index in [1.807, 2.05) is 12.3 Å². The van der Waals surface area contributed by atoms with E-state index in [2.05, 4.69) is 15.6 Å². The van der Waals surface area contributed by atoms with Gasteiger partial charge in [-0.1, -0.05) is 6.07 Å². The van der Waals surface area contributed by atoms with Gasteiger partial charge in [-0.05, 0) is 19.1 Å². The summed E-state index contributed by atoms with van der Waals surface area (Å²) in [6.07, 6.45) is 0. The number of hydrogen-bond acceptors (Lipinski definition) is 4. The van der Waals surface area contributed by atoms with E-state index in [1.54, 1.807) is 0 Å². The van der Waals surface area contributed by atoms with Crippen molar-refractivity contribution in [3.8, 4) is 0 Å². The highest BCUT2D eigenvalue weighted by Gasteiger charge is 2.16. The molecule has 0 saturated heterocycles. The number of rotatable bonds is 4. The number of nitrogens with one attached hydrogen (secondary N) is 2. The monoisotopic (exact) mass is 309 g/mol. The van der Waals surface area contributed by atoms with Crippen LogP contribution in [0.3, 0.4) is 0 Å². The SMILES string of the molecule is Cc1csc(CNC(=O)Nc2c(F)cccc2C(=O)O)n1.